The first-order chi connectivity index (χ1) is 14.1. The summed E-state index contributed by atoms with van der Waals surface area (Å²) in [6.45, 7) is 0.593. The van der Waals surface area contributed by atoms with E-state index in [-0.39, 0.29) is 12.6 Å². The third-order valence-corrected chi connectivity index (χ3v) is 5.27. The van der Waals surface area contributed by atoms with Gasteiger partial charge >= 0.3 is 0 Å². The molecular weight excluding hydrogens is 378 g/mol. The molecule has 0 amide bonds. The zero-order chi connectivity index (χ0) is 20.0. The van der Waals surface area contributed by atoms with Crippen LogP contribution < -0.4 is 4.90 Å². The van der Waals surface area contributed by atoms with E-state index in [4.69, 9.17) is 4.98 Å². The molecule has 5 rings (SSSR count). The molecule has 29 heavy (non-hydrogen) atoms. The summed E-state index contributed by atoms with van der Waals surface area (Å²) in [4.78, 5) is 6.74. The molecule has 1 aliphatic rings. The monoisotopic (exact) mass is 396 g/mol. The lowest BCUT2D eigenvalue weighted by atomic mass is 10.0. The highest BCUT2D eigenvalue weighted by atomic mass is 19.1. The maximum Gasteiger partial charge on any atom is 0.183 e. The largest absolute Gasteiger partial charge is 0.392 e. The number of hydrogen-bond donors (Lipinski definition) is 1. The zero-order valence-electron chi connectivity index (χ0n) is 15.4. The molecule has 9 heteroatoms. The topological polar surface area (TPSA) is 71.5 Å². The van der Waals surface area contributed by atoms with Gasteiger partial charge in [-0.2, -0.15) is 10.2 Å². The lowest BCUT2D eigenvalue weighted by molar-refractivity contribution is 0.282. The molecule has 4 aromatic rings. The number of aliphatic hydroxyl groups is 1. The normalized spacial score (nSPS) is 16.8. The summed E-state index contributed by atoms with van der Waals surface area (Å²) in [6.07, 6.45) is 8.31. The summed E-state index contributed by atoms with van der Waals surface area (Å²) in [7, 11) is 0. The predicted molar refractivity (Wildman–Crippen MR) is 102 cm³/mol. The highest BCUT2D eigenvalue weighted by molar-refractivity contribution is 5.61. The summed E-state index contributed by atoms with van der Waals surface area (Å²) >= 11 is 0. The second-order valence-electron chi connectivity index (χ2n) is 7.05. The highest BCUT2D eigenvalue weighted by Crippen LogP contribution is 2.37. The second kappa shape index (κ2) is 6.93. The van der Waals surface area contributed by atoms with Crippen molar-refractivity contribution in [3.05, 3.63) is 71.8 Å². The Morgan fingerprint density at radius 3 is 2.86 bits per heavy atom. The van der Waals surface area contributed by atoms with Gasteiger partial charge in [0.2, 0.25) is 0 Å². The number of aromatic nitrogens is 5. The fraction of sp³-hybridized carbons (Fsp3) is 0.250. The molecule has 1 saturated heterocycles. The predicted octanol–water partition coefficient (Wildman–Crippen LogP) is 3.03. The van der Waals surface area contributed by atoms with Crippen LogP contribution >= 0.6 is 0 Å². The molecule has 0 bridgehead atoms. The smallest absolute Gasteiger partial charge is 0.183 e. The van der Waals surface area contributed by atoms with Crippen molar-refractivity contribution in [2.24, 2.45) is 0 Å². The molecule has 0 unspecified atom stereocenters. The minimum absolute atomic E-state index is 0.105. The van der Waals surface area contributed by atoms with Gasteiger partial charge < -0.3 is 10.0 Å². The van der Waals surface area contributed by atoms with E-state index in [9.17, 15) is 13.9 Å². The van der Waals surface area contributed by atoms with Crippen molar-refractivity contribution >= 4 is 11.5 Å². The number of nitrogens with zero attached hydrogens (tertiary/aromatic N) is 6. The molecule has 0 radical (unpaired) electrons. The van der Waals surface area contributed by atoms with Crippen LogP contribution in [-0.2, 0) is 6.61 Å². The number of rotatable bonds is 4. The number of fused-ring (bicyclic) bond motifs is 1. The van der Waals surface area contributed by atoms with Crippen molar-refractivity contribution < 1.29 is 13.9 Å². The van der Waals surface area contributed by atoms with Gasteiger partial charge in [-0.1, -0.05) is 0 Å². The number of anilines is 1. The van der Waals surface area contributed by atoms with Crippen molar-refractivity contribution in [1.82, 2.24) is 24.4 Å². The van der Waals surface area contributed by atoms with Gasteiger partial charge in [-0.3, -0.25) is 0 Å². The van der Waals surface area contributed by atoms with Crippen LogP contribution in [0.2, 0.25) is 0 Å². The number of aliphatic hydroxyl groups excluding tert-OH is 1. The summed E-state index contributed by atoms with van der Waals surface area (Å²) in [5, 5.41) is 17.8. The standard InChI is InChI=1S/C20H18F2N6O/c21-14-3-4-16(22)15(8-14)17-2-1-6-26(17)19-5-7-27-20(25-19)18(10-24-27)28-11-13(12-29)9-23-28/h3-5,7-11,17,29H,1-2,6,12H2/t17-/m0/s1. The highest BCUT2D eigenvalue weighted by Gasteiger charge is 2.30. The van der Waals surface area contributed by atoms with Crippen LogP contribution in [0.1, 0.15) is 30.0 Å². The van der Waals surface area contributed by atoms with E-state index < -0.39 is 11.6 Å². The Morgan fingerprint density at radius 1 is 1.14 bits per heavy atom. The van der Waals surface area contributed by atoms with Gasteiger partial charge in [0.1, 0.15) is 23.1 Å². The van der Waals surface area contributed by atoms with Gasteiger partial charge in [0.15, 0.2) is 5.65 Å². The molecule has 148 valence electrons. The van der Waals surface area contributed by atoms with Crippen LogP contribution in [0.3, 0.4) is 0 Å². The second-order valence-corrected chi connectivity index (χ2v) is 7.05. The van der Waals surface area contributed by atoms with Crippen LogP contribution in [0.5, 0.6) is 0 Å². The minimum Gasteiger partial charge on any atom is -0.392 e. The Hall–Kier alpha value is -3.33. The summed E-state index contributed by atoms with van der Waals surface area (Å²) in [5.41, 5.74) is 2.28. The Bertz CT molecular complexity index is 1190. The lowest BCUT2D eigenvalue weighted by Gasteiger charge is -2.26. The van der Waals surface area contributed by atoms with Crippen molar-refractivity contribution in [2.45, 2.75) is 25.5 Å². The quantitative estimate of drug-likeness (QED) is 0.574. The Balaban J connectivity index is 1.56. The summed E-state index contributed by atoms with van der Waals surface area (Å²) in [6, 6.07) is 5.11. The van der Waals surface area contributed by atoms with Gasteiger partial charge in [-0.25, -0.2) is 23.0 Å². The van der Waals surface area contributed by atoms with Gasteiger partial charge in [0, 0.05) is 30.1 Å². The van der Waals surface area contributed by atoms with Crippen LogP contribution in [0, 0.1) is 11.6 Å². The Labute approximate surface area is 164 Å². The van der Waals surface area contributed by atoms with Crippen LogP contribution in [-0.4, -0.2) is 36.0 Å². The third-order valence-electron chi connectivity index (χ3n) is 5.27. The minimum atomic E-state index is -0.451. The molecular formula is C20H18F2N6O. The first kappa shape index (κ1) is 17.7. The van der Waals surface area contributed by atoms with E-state index in [1.165, 1.54) is 12.1 Å². The van der Waals surface area contributed by atoms with Crippen molar-refractivity contribution in [3.63, 3.8) is 0 Å². The van der Waals surface area contributed by atoms with Crippen molar-refractivity contribution in [2.75, 3.05) is 11.4 Å². The SMILES string of the molecule is OCc1cnn(-c2cnn3ccc(N4CCC[C@H]4c4cc(F)ccc4F)nc23)c1. The number of hydrogen-bond acceptors (Lipinski definition) is 5. The summed E-state index contributed by atoms with van der Waals surface area (Å²) in [5.74, 6) is -0.199. The molecule has 1 atom stereocenters. The average Bonchev–Trinajstić information content (AvgIpc) is 3.47. The van der Waals surface area contributed by atoms with Crippen molar-refractivity contribution in [1.29, 1.82) is 0 Å². The molecule has 1 aromatic carbocycles. The van der Waals surface area contributed by atoms with Gasteiger partial charge in [0.05, 0.1) is 25.0 Å². The first-order valence-corrected chi connectivity index (χ1v) is 9.35. The maximum atomic E-state index is 14.4. The first-order valence-electron chi connectivity index (χ1n) is 9.35. The van der Waals surface area contributed by atoms with E-state index in [0.717, 1.165) is 18.9 Å². The lowest BCUT2D eigenvalue weighted by Crippen LogP contribution is -2.24. The van der Waals surface area contributed by atoms with Gasteiger partial charge in [0.25, 0.3) is 0 Å². The molecule has 1 N–H and O–H groups in total. The third kappa shape index (κ3) is 3.03. The maximum absolute atomic E-state index is 14.4. The average molecular weight is 396 g/mol. The van der Waals surface area contributed by atoms with E-state index >= 15 is 0 Å². The van der Waals surface area contributed by atoms with Crippen molar-refractivity contribution in [3.8, 4) is 5.69 Å². The molecule has 0 spiro atoms. The van der Waals surface area contributed by atoms with Crippen LogP contribution in [0.15, 0.2) is 49.1 Å². The molecule has 7 nitrogen and oxygen atoms in total. The van der Waals surface area contributed by atoms with Crippen LogP contribution in [0.4, 0.5) is 14.6 Å². The van der Waals surface area contributed by atoms with Gasteiger partial charge in [-0.05, 0) is 37.1 Å². The number of halogens is 2. The fourth-order valence-electron chi connectivity index (χ4n) is 3.88. The van der Waals surface area contributed by atoms with E-state index in [1.807, 2.05) is 11.0 Å². The Morgan fingerprint density at radius 2 is 2.03 bits per heavy atom. The fourth-order valence-corrected chi connectivity index (χ4v) is 3.88. The molecule has 0 aliphatic carbocycles. The molecule has 4 heterocycles. The van der Waals surface area contributed by atoms with Gasteiger partial charge in [-0.15, -0.1) is 0 Å². The van der Waals surface area contributed by atoms with E-state index in [2.05, 4.69) is 10.2 Å². The molecule has 0 saturated carbocycles. The van der Waals surface area contributed by atoms with E-state index in [1.54, 1.807) is 34.0 Å². The molecule has 3 aromatic heterocycles. The van der Waals surface area contributed by atoms with Crippen LogP contribution in [0.25, 0.3) is 11.3 Å². The zero-order valence-corrected chi connectivity index (χ0v) is 15.4. The Kier molecular flexibility index (Phi) is 4.24. The molecule has 1 aliphatic heterocycles. The molecule has 1 fully saturated rings. The number of benzene rings is 1. The van der Waals surface area contributed by atoms with E-state index in [0.29, 0.717) is 34.8 Å². The summed E-state index contributed by atoms with van der Waals surface area (Å²) < 4.78 is 31.3.